The first kappa shape index (κ1) is 17.2. The molecule has 24 heavy (non-hydrogen) atoms. The zero-order valence-electron chi connectivity index (χ0n) is 14.7. The fourth-order valence-electron chi connectivity index (χ4n) is 4.41. The molecule has 0 aromatic heterocycles. The largest absolute Gasteiger partial charge is 0.378 e. The number of hydrogen-bond acceptors (Lipinski definition) is 4. The van der Waals surface area contributed by atoms with E-state index in [0.717, 1.165) is 82.4 Å². The maximum atomic E-state index is 12.7. The number of thioether (sulfide) groups is 1. The van der Waals surface area contributed by atoms with Crippen LogP contribution in [0.5, 0.6) is 0 Å². The fraction of sp³-hybridized carbons (Fsp3) is 0.947. The van der Waals surface area contributed by atoms with Gasteiger partial charge >= 0.3 is 0 Å². The first-order valence-corrected chi connectivity index (χ1v) is 11.0. The van der Waals surface area contributed by atoms with Crippen LogP contribution in [0.3, 0.4) is 0 Å². The van der Waals surface area contributed by atoms with Crippen molar-refractivity contribution < 1.29 is 14.3 Å². The van der Waals surface area contributed by atoms with E-state index in [9.17, 15) is 4.79 Å². The number of hydrogen-bond donors (Lipinski definition) is 0. The SMILES string of the molecule is O=C(C1CCSCC1)N1CCC2(CC1)CO[C@@H](COCC1CC1)C2. The van der Waals surface area contributed by atoms with E-state index in [2.05, 4.69) is 4.90 Å². The Morgan fingerprint density at radius 3 is 2.58 bits per heavy atom. The molecule has 0 bridgehead atoms. The van der Waals surface area contributed by atoms with Gasteiger partial charge in [0.25, 0.3) is 0 Å². The van der Waals surface area contributed by atoms with Gasteiger partial charge in [0.15, 0.2) is 0 Å². The second kappa shape index (κ2) is 7.55. The molecule has 3 heterocycles. The van der Waals surface area contributed by atoms with Crippen molar-refractivity contribution in [3.8, 4) is 0 Å². The van der Waals surface area contributed by atoms with Crippen LogP contribution in [0, 0.1) is 17.3 Å². The number of nitrogens with zero attached hydrogens (tertiary/aromatic N) is 1. The van der Waals surface area contributed by atoms with E-state index < -0.39 is 0 Å². The first-order valence-electron chi connectivity index (χ1n) is 9.80. The van der Waals surface area contributed by atoms with Crippen LogP contribution in [0.15, 0.2) is 0 Å². The summed E-state index contributed by atoms with van der Waals surface area (Å²) in [5, 5.41) is 0. The molecule has 3 saturated heterocycles. The quantitative estimate of drug-likeness (QED) is 0.762. The van der Waals surface area contributed by atoms with Crippen molar-refractivity contribution >= 4 is 17.7 Å². The average molecular weight is 354 g/mol. The van der Waals surface area contributed by atoms with E-state index >= 15 is 0 Å². The molecule has 0 N–H and O–H groups in total. The topological polar surface area (TPSA) is 38.8 Å². The fourth-order valence-corrected chi connectivity index (χ4v) is 5.51. The Kier molecular flexibility index (Phi) is 5.40. The van der Waals surface area contributed by atoms with E-state index in [1.807, 2.05) is 11.8 Å². The molecule has 3 aliphatic heterocycles. The van der Waals surface area contributed by atoms with Gasteiger partial charge < -0.3 is 14.4 Å². The van der Waals surface area contributed by atoms with Crippen molar-refractivity contribution in [2.24, 2.45) is 17.3 Å². The second-order valence-electron chi connectivity index (χ2n) is 8.33. The van der Waals surface area contributed by atoms with Gasteiger partial charge in [0.05, 0.1) is 19.3 Å². The third-order valence-electron chi connectivity index (χ3n) is 6.35. The lowest BCUT2D eigenvalue weighted by Gasteiger charge is -2.40. The summed E-state index contributed by atoms with van der Waals surface area (Å²) in [4.78, 5) is 14.8. The molecule has 5 heteroatoms. The average Bonchev–Trinajstić information content (AvgIpc) is 3.37. The molecule has 0 aromatic rings. The number of carbonyl (C=O) groups is 1. The standard InChI is InChI=1S/C19H31NO3S/c21-18(16-3-9-24-10-4-16)20-7-5-19(6-8-20)11-17(23-14-19)13-22-12-15-1-2-15/h15-17H,1-14H2/t17-/m1/s1. The van der Waals surface area contributed by atoms with Gasteiger partial charge in [-0.2, -0.15) is 11.8 Å². The lowest BCUT2D eigenvalue weighted by Crippen LogP contribution is -2.46. The molecule has 4 fully saturated rings. The van der Waals surface area contributed by atoms with Crippen LogP contribution in [0.1, 0.15) is 44.9 Å². The Morgan fingerprint density at radius 1 is 1.12 bits per heavy atom. The Balaban J connectivity index is 1.21. The van der Waals surface area contributed by atoms with Gasteiger partial charge in [0.1, 0.15) is 0 Å². The Labute approximate surface area is 150 Å². The molecule has 4 aliphatic rings. The van der Waals surface area contributed by atoms with Crippen LogP contribution >= 0.6 is 11.8 Å². The van der Waals surface area contributed by atoms with Crippen LogP contribution < -0.4 is 0 Å². The Hall–Kier alpha value is -0.260. The zero-order valence-corrected chi connectivity index (χ0v) is 15.5. The van der Waals surface area contributed by atoms with E-state index in [4.69, 9.17) is 9.47 Å². The van der Waals surface area contributed by atoms with Gasteiger partial charge in [0, 0.05) is 25.6 Å². The van der Waals surface area contributed by atoms with E-state index in [1.165, 1.54) is 12.8 Å². The van der Waals surface area contributed by atoms with Gasteiger partial charge in [-0.15, -0.1) is 0 Å². The third kappa shape index (κ3) is 4.10. The van der Waals surface area contributed by atoms with Gasteiger partial charge in [0.2, 0.25) is 5.91 Å². The van der Waals surface area contributed by atoms with Crippen LogP contribution in [-0.2, 0) is 14.3 Å². The molecular weight excluding hydrogens is 322 g/mol. The molecule has 0 radical (unpaired) electrons. The highest BCUT2D eigenvalue weighted by Crippen LogP contribution is 2.42. The summed E-state index contributed by atoms with van der Waals surface area (Å²) in [5.41, 5.74) is 0.312. The minimum Gasteiger partial charge on any atom is -0.378 e. The Bertz CT molecular complexity index is 440. The van der Waals surface area contributed by atoms with Crippen LogP contribution in [0.2, 0.25) is 0 Å². The monoisotopic (exact) mass is 353 g/mol. The van der Waals surface area contributed by atoms with Gasteiger partial charge in [-0.05, 0) is 67.8 Å². The molecular formula is C19H31NO3S. The molecule has 1 spiro atoms. The van der Waals surface area contributed by atoms with E-state index in [1.54, 1.807) is 0 Å². The minimum atomic E-state index is 0.279. The predicted molar refractivity (Wildman–Crippen MR) is 96.2 cm³/mol. The molecule has 4 rings (SSSR count). The normalized spacial score (nSPS) is 30.8. The minimum absolute atomic E-state index is 0.279. The van der Waals surface area contributed by atoms with Crippen LogP contribution in [-0.4, -0.2) is 61.3 Å². The van der Waals surface area contributed by atoms with Crippen LogP contribution in [0.25, 0.3) is 0 Å². The first-order chi connectivity index (χ1) is 11.7. The zero-order chi connectivity index (χ0) is 16.4. The van der Waals surface area contributed by atoms with Crippen molar-refractivity contribution in [1.82, 2.24) is 4.90 Å². The maximum Gasteiger partial charge on any atom is 0.225 e. The van der Waals surface area contributed by atoms with Crippen molar-refractivity contribution in [2.75, 3.05) is 44.4 Å². The molecule has 1 aliphatic carbocycles. The summed E-state index contributed by atoms with van der Waals surface area (Å²) >= 11 is 1.99. The third-order valence-corrected chi connectivity index (χ3v) is 7.40. The van der Waals surface area contributed by atoms with Gasteiger partial charge in [-0.1, -0.05) is 0 Å². The molecule has 0 aromatic carbocycles. The van der Waals surface area contributed by atoms with Gasteiger partial charge in [-0.3, -0.25) is 4.79 Å². The number of ether oxygens (including phenoxy) is 2. The lowest BCUT2D eigenvalue weighted by molar-refractivity contribution is -0.138. The second-order valence-corrected chi connectivity index (χ2v) is 9.55. The molecule has 4 nitrogen and oxygen atoms in total. The summed E-state index contributed by atoms with van der Waals surface area (Å²) in [6, 6.07) is 0. The lowest BCUT2D eigenvalue weighted by atomic mass is 9.76. The number of piperidine rings is 1. The number of likely N-dealkylation sites (tertiary alicyclic amines) is 1. The summed E-state index contributed by atoms with van der Waals surface area (Å²) in [6.07, 6.45) is 8.47. The molecule has 136 valence electrons. The van der Waals surface area contributed by atoms with E-state index in [-0.39, 0.29) is 6.10 Å². The molecule has 1 amide bonds. The number of amides is 1. The molecule has 1 atom stereocenters. The molecule has 1 saturated carbocycles. The Morgan fingerprint density at radius 2 is 1.88 bits per heavy atom. The predicted octanol–water partition coefficient (Wildman–Crippen LogP) is 2.95. The summed E-state index contributed by atoms with van der Waals surface area (Å²) < 4.78 is 11.9. The highest BCUT2D eigenvalue weighted by molar-refractivity contribution is 7.99. The highest BCUT2D eigenvalue weighted by atomic mass is 32.2. The summed E-state index contributed by atoms with van der Waals surface area (Å²) in [6.45, 7) is 4.42. The molecule has 0 unspecified atom stereocenters. The smallest absolute Gasteiger partial charge is 0.225 e. The van der Waals surface area contributed by atoms with Crippen molar-refractivity contribution in [3.05, 3.63) is 0 Å². The van der Waals surface area contributed by atoms with Crippen molar-refractivity contribution in [1.29, 1.82) is 0 Å². The highest BCUT2D eigenvalue weighted by Gasteiger charge is 2.43. The van der Waals surface area contributed by atoms with Crippen LogP contribution in [0.4, 0.5) is 0 Å². The van der Waals surface area contributed by atoms with Crippen molar-refractivity contribution in [3.63, 3.8) is 0 Å². The van der Waals surface area contributed by atoms with E-state index in [0.29, 0.717) is 17.2 Å². The number of rotatable bonds is 5. The van der Waals surface area contributed by atoms with Gasteiger partial charge in [-0.25, -0.2) is 0 Å². The number of carbonyl (C=O) groups excluding carboxylic acids is 1. The maximum absolute atomic E-state index is 12.7. The summed E-state index contributed by atoms with van der Waals surface area (Å²) in [7, 11) is 0. The summed E-state index contributed by atoms with van der Waals surface area (Å²) in [5.74, 6) is 3.86. The van der Waals surface area contributed by atoms with Crippen molar-refractivity contribution in [2.45, 2.75) is 51.0 Å².